The minimum absolute atomic E-state index is 0.147. The minimum atomic E-state index is -0.380. The zero-order valence-electron chi connectivity index (χ0n) is 8.89. The van der Waals surface area contributed by atoms with E-state index >= 15 is 0 Å². The van der Waals surface area contributed by atoms with Crippen LogP contribution in [0.15, 0.2) is 0 Å². The molecule has 2 nitrogen and oxygen atoms in total. The first kappa shape index (κ1) is 12.9. The highest BCUT2D eigenvalue weighted by Gasteiger charge is 2.22. The molecule has 0 aromatic heterocycles. The van der Waals surface area contributed by atoms with Crippen molar-refractivity contribution in [2.45, 2.75) is 57.4 Å². The summed E-state index contributed by atoms with van der Waals surface area (Å²) in [5, 5.41) is 0. The van der Waals surface area contributed by atoms with Crippen LogP contribution in [-0.2, 0) is 9.53 Å². The molecule has 78 valence electrons. The molecular formula is C10H19BrO2. The lowest BCUT2D eigenvalue weighted by molar-refractivity contribution is -0.154. The second-order valence-electron chi connectivity index (χ2n) is 4.14. The molecule has 0 unspecified atom stereocenters. The molecule has 3 heteroatoms. The number of hydrogen-bond acceptors (Lipinski definition) is 2. The summed E-state index contributed by atoms with van der Waals surface area (Å²) in [6.45, 7) is 7.74. The van der Waals surface area contributed by atoms with Gasteiger partial charge in [-0.1, -0.05) is 35.7 Å². The largest absolute Gasteiger partial charge is 0.459 e. The summed E-state index contributed by atoms with van der Waals surface area (Å²) in [6, 6.07) is 0. The van der Waals surface area contributed by atoms with Crippen LogP contribution in [0.1, 0.15) is 47.0 Å². The Hall–Kier alpha value is -0.0500. The maximum Gasteiger partial charge on any atom is 0.320 e. The van der Waals surface area contributed by atoms with E-state index in [1.807, 2.05) is 20.8 Å². The van der Waals surface area contributed by atoms with E-state index in [1.165, 1.54) is 0 Å². The summed E-state index contributed by atoms with van der Waals surface area (Å²) < 4.78 is 5.21. The highest BCUT2D eigenvalue weighted by atomic mass is 79.9. The van der Waals surface area contributed by atoms with Crippen molar-refractivity contribution >= 4 is 21.9 Å². The minimum Gasteiger partial charge on any atom is -0.459 e. The molecule has 0 aliphatic heterocycles. The van der Waals surface area contributed by atoms with Crippen molar-refractivity contribution in [1.82, 2.24) is 0 Å². The Morgan fingerprint density at radius 3 is 2.38 bits per heavy atom. The number of unbranched alkanes of at least 4 members (excludes halogenated alkanes) is 1. The molecule has 0 aliphatic carbocycles. The molecule has 0 aliphatic rings. The first-order valence-corrected chi connectivity index (χ1v) is 5.65. The van der Waals surface area contributed by atoms with Crippen LogP contribution in [0.5, 0.6) is 0 Å². The first-order chi connectivity index (χ1) is 5.87. The SMILES string of the molecule is CCCC[C@@H](Br)C(=O)OC(C)(C)C. The predicted octanol–water partition coefficient (Wildman–Crippen LogP) is 3.28. The Kier molecular flexibility index (Phi) is 5.61. The van der Waals surface area contributed by atoms with Gasteiger partial charge in [0.2, 0.25) is 0 Å². The number of alkyl halides is 1. The molecule has 0 saturated carbocycles. The van der Waals surface area contributed by atoms with E-state index in [4.69, 9.17) is 4.74 Å². The molecule has 0 rings (SSSR count). The third-order valence-corrected chi connectivity index (χ3v) is 2.31. The highest BCUT2D eigenvalue weighted by Crippen LogP contribution is 2.16. The zero-order valence-corrected chi connectivity index (χ0v) is 10.5. The van der Waals surface area contributed by atoms with Gasteiger partial charge >= 0.3 is 5.97 Å². The van der Waals surface area contributed by atoms with Gasteiger partial charge < -0.3 is 4.74 Å². The van der Waals surface area contributed by atoms with Gasteiger partial charge in [0.25, 0.3) is 0 Å². The first-order valence-electron chi connectivity index (χ1n) is 4.73. The lowest BCUT2D eigenvalue weighted by atomic mass is 10.1. The molecule has 0 heterocycles. The Morgan fingerprint density at radius 1 is 1.46 bits per heavy atom. The van der Waals surface area contributed by atoms with E-state index in [2.05, 4.69) is 22.9 Å². The van der Waals surface area contributed by atoms with Crippen LogP contribution < -0.4 is 0 Å². The fraction of sp³-hybridized carbons (Fsp3) is 0.900. The predicted molar refractivity (Wildman–Crippen MR) is 58.1 cm³/mol. The molecule has 0 amide bonds. The standard InChI is InChI=1S/C10H19BrO2/c1-5-6-7-8(11)9(12)13-10(2,3)4/h8H,5-7H2,1-4H3/t8-/m1/s1. The number of hydrogen-bond donors (Lipinski definition) is 0. The molecule has 13 heavy (non-hydrogen) atoms. The van der Waals surface area contributed by atoms with Crippen LogP contribution in [0.3, 0.4) is 0 Å². The maximum atomic E-state index is 11.4. The lowest BCUT2D eigenvalue weighted by Gasteiger charge is -2.21. The third kappa shape index (κ3) is 7.05. The summed E-state index contributed by atoms with van der Waals surface area (Å²) in [7, 11) is 0. The molecule has 0 N–H and O–H groups in total. The molecule has 0 radical (unpaired) electrons. The van der Waals surface area contributed by atoms with Gasteiger partial charge in [-0.2, -0.15) is 0 Å². The van der Waals surface area contributed by atoms with E-state index in [-0.39, 0.29) is 16.4 Å². The average Bonchev–Trinajstić information content (AvgIpc) is 1.96. The average molecular weight is 251 g/mol. The number of rotatable bonds is 4. The van der Waals surface area contributed by atoms with Gasteiger partial charge in [-0.25, -0.2) is 0 Å². The molecular weight excluding hydrogens is 232 g/mol. The van der Waals surface area contributed by atoms with Crippen LogP contribution in [-0.4, -0.2) is 16.4 Å². The third-order valence-electron chi connectivity index (χ3n) is 1.47. The van der Waals surface area contributed by atoms with Gasteiger partial charge in [0.05, 0.1) is 0 Å². The van der Waals surface area contributed by atoms with Gasteiger partial charge in [-0.3, -0.25) is 4.79 Å². The van der Waals surface area contributed by atoms with Crippen molar-refractivity contribution in [3.8, 4) is 0 Å². The summed E-state index contributed by atoms with van der Waals surface area (Å²) in [4.78, 5) is 11.2. The van der Waals surface area contributed by atoms with Crippen molar-refractivity contribution < 1.29 is 9.53 Å². The maximum absolute atomic E-state index is 11.4. The van der Waals surface area contributed by atoms with Gasteiger partial charge in [-0.15, -0.1) is 0 Å². The number of ether oxygens (including phenoxy) is 1. The second kappa shape index (κ2) is 5.63. The van der Waals surface area contributed by atoms with Crippen LogP contribution in [0.4, 0.5) is 0 Å². The van der Waals surface area contributed by atoms with Gasteiger partial charge in [0, 0.05) is 0 Å². The van der Waals surface area contributed by atoms with E-state index < -0.39 is 0 Å². The van der Waals surface area contributed by atoms with Gasteiger partial charge in [0.15, 0.2) is 0 Å². The quantitative estimate of drug-likeness (QED) is 0.566. The molecule has 0 saturated heterocycles. The van der Waals surface area contributed by atoms with Gasteiger partial charge in [0.1, 0.15) is 10.4 Å². The monoisotopic (exact) mass is 250 g/mol. The topological polar surface area (TPSA) is 26.3 Å². The molecule has 0 aromatic carbocycles. The van der Waals surface area contributed by atoms with Crippen LogP contribution in [0.25, 0.3) is 0 Å². The van der Waals surface area contributed by atoms with E-state index in [0.29, 0.717) is 0 Å². The number of carbonyl (C=O) groups is 1. The Morgan fingerprint density at radius 2 is 2.00 bits per heavy atom. The van der Waals surface area contributed by atoms with Crippen LogP contribution in [0.2, 0.25) is 0 Å². The van der Waals surface area contributed by atoms with Crippen molar-refractivity contribution in [3.05, 3.63) is 0 Å². The molecule has 1 atom stereocenters. The Bertz CT molecular complexity index is 161. The van der Waals surface area contributed by atoms with Crippen molar-refractivity contribution in [3.63, 3.8) is 0 Å². The van der Waals surface area contributed by atoms with E-state index in [0.717, 1.165) is 19.3 Å². The van der Waals surface area contributed by atoms with Crippen LogP contribution in [0, 0.1) is 0 Å². The van der Waals surface area contributed by atoms with E-state index in [9.17, 15) is 4.79 Å². The zero-order chi connectivity index (χ0) is 10.5. The summed E-state index contributed by atoms with van der Waals surface area (Å²) >= 11 is 3.32. The van der Waals surface area contributed by atoms with Crippen molar-refractivity contribution in [2.24, 2.45) is 0 Å². The molecule has 0 fully saturated rings. The highest BCUT2D eigenvalue weighted by molar-refractivity contribution is 9.10. The lowest BCUT2D eigenvalue weighted by Crippen LogP contribution is -2.28. The Balaban J connectivity index is 3.83. The number of halogens is 1. The molecule has 0 aromatic rings. The fourth-order valence-corrected chi connectivity index (χ4v) is 1.28. The normalized spacial score (nSPS) is 13.9. The fourth-order valence-electron chi connectivity index (χ4n) is 0.867. The smallest absolute Gasteiger partial charge is 0.320 e. The van der Waals surface area contributed by atoms with Crippen molar-refractivity contribution in [2.75, 3.05) is 0 Å². The molecule has 0 bridgehead atoms. The van der Waals surface area contributed by atoms with Gasteiger partial charge in [-0.05, 0) is 27.2 Å². The Labute approximate surface area is 89.2 Å². The molecule has 0 spiro atoms. The summed E-state index contributed by atoms with van der Waals surface area (Å²) in [5.74, 6) is -0.152. The number of carbonyl (C=O) groups excluding carboxylic acids is 1. The van der Waals surface area contributed by atoms with Crippen molar-refractivity contribution in [1.29, 1.82) is 0 Å². The second-order valence-corrected chi connectivity index (χ2v) is 5.25. The van der Waals surface area contributed by atoms with E-state index in [1.54, 1.807) is 0 Å². The number of esters is 1. The summed E-state index contributed by atoms with van der Waals surface area (Å²) in [5.41, 5.74) is -0.380. The summed E-state index contributed by atoms with van der Waals surface area (Å²) in [6.07, 6.45) is 3.01. The van der Waals surface area contributed by atoms with Crippen LogP contribution >= 0.6 is 15.9 Å².